The number of aromatic nitrogens is 2. The van der Waals surface area contributed by atoms with Gasteiger partial charge < -0.3 is 10.1 Å². The smallest absolute Gasteiger partial charge is 0.310 e. The maximum Gasteiger partial charge on any atom is 0.310 e. The minimum Gasteiger partial charge on any atom is -0.481 e. The summed E-state index contributed by atoms with van der Waals surface area (Å²) in [5.41, 5.74) is -1.00. The first-order chi connectivity index (χ1) is 9.36. The van der Waals surface area contributed by atoms with E-state index >= 15 is 0 Å². The molecule has 1 fully saturated rings. The van der Waals surface area contributed by atoms with Crippen molar-refractivity contribution in [2.24, 2.45) is 11.3 Å². The third-order valence-corrected chi connectivity index (χ3v) is 5.37. The van der Waals surface area contributed by atoms with Crippen LogP contribution in [0.3, 0.4) is 0 Å². The van der Waals surface area contributed by atoms with Gasteiger partial charge in [-0.1, -0.05) is 6.92 Å². The van der Waals surface area contributed by atoms with E-state index in [9.17, 15) is 18.3 Å². The van der Waals surface area contributed by atoms with Gasteiger partial charge in [0.15, 0.2) is 5.03 Å². The monoisotopic (exact) mass is 301 g/mol. The summed E-state index contributed by atoms with van der Waals surface area (Å²) in [5.74, 6) is -0.441. The molecule has 1 heterocycles. The molecule has 0 aliphatic heterocycles. The van der Waals surface area contributed by atoms with Gasteiger partial charge in [0, 0.05) is 6.54 Å². The molecule has 1 aliphatic carbocycles. The molecule has 20 heavy (non-hydrogen) atoms. The first-order valence-electron chi connectivity index (χ1n) is 6.57. The third kappa shape index (κ3) is 3.01. The van der Waals surface area contributed by atoms with Crippen LogP contribution in [-0.4, -0.2) is 36.0 Å². The number of imidazole rings is 1. The number of aliphatic carboxylic acids is 1. The minimum absolute atomic E-state index is 0.0535. The summed E-state index contributed by atoms with van der Waals surface area (Å²) in [6.45, 7) is 2.00. The zero-order chi connectivity index (χ0) is 14.8. The molecule has 0 radical (unpaired) electrons. The molecule has 0 amide bonds. The Morgan fingerprint density at radius 1 is 1.55 bits per heavy atom. The van der Waals surface area contributed by atoms with Crippen LogP contribution < -0.4 is 4.72 Å². The highest BCUT2D eigenvalue weighted by atomic mass is 32.2. The Morgan fingerprint density at radius 3 is 2.70 bits per heavy atom. The summed E-state index contributed by atoms with van der Waals surface area (Å²) in [4.78, 5) is 17.7. The van der Waals surface area contributed by atoms with Crippen molar-refractivity contribution in [2.45, 2.75) is 37.6 Å². The molecule has 7 nitrogen and oxygen atoms in total. The second-order valence-electron chi connectivity index (χ2n) is 5.51. The summed E-state index contributed by atoms with van der Waals surface area (Å²) in [6.07, 6.45) is 5.06. The number of carbonyl (C=O) groups is 1. The molecule has 0 atom stereocenters. The van der Waals surface area contributed by atoms with Crippen LogP contribution in [-0.2, 0) is 14.8 Å². The summed E-state index contributed by atoms with van der Waals surface area (Å²) in [7, 11) is -3.73. The fourth-order valence-corrected chi connectivity index (χ4v) is 3.51. The molecule has 1 aliphatic rings. The largest absolute Gasteiger partial charge is 0.481 e. The number of carboxylic acid groups (broad SMARTS) is 1. The Morgan fingerprint density at radius 2 is 2.20 bits per heavy atom. The van der Waals surface area contributed by atoms with Gasteiger partial charge in [-0.15, -0.1) is 0 Å². The van der Waals surface area contributed by atoms with E-state index in [1.54, 1.807) is 0 Å². The molecule has 1 saturated carbocycles. The van der Waals surface area contributed by atoms with E-state index < -0.39 is 21.4 Å². The molecule has 1 aromatic rings. The van der Waals surface area contributed by atoms with Gasteiger partial charge in [0.2, 0.25) is 0 Å². The van der Waals surface area contributed by atoms with Crippen molar-refractivity contribution in [2.75, 3.05) is 6.54 Å². The van der Waals surface area contributed by atoms with Crippen molar-refractivity contribution in [1.82, 2.24) is 14.7 Å². The molecular weight excluding hydrogens is 282 g/mol. The standard InChI is InChI=1S/C12H19N3O4S/c1-9-2-4-12(5-3-9,11(16)17)7-15-20(18,19)10-6-13-8-14-10/h6,8-9,15H,2-5,7H2,1H3,(H,13,14)(H,16,17). The van der Waals surface area contributed by atoms with Gasteiger partial charge in [-0.25, -0.2) is 18.1 Å². The Labute approximate surface area is 117 Å². The summed E-state index contributed by atoms with van der Waals surface area (Å²) in [5, 5.41) is 9.39. The van der Waals surface area contributed by atoms with Crippen LogP contribution in [0.5, 0.6) is 0 Å². The summed E-state index contributed by atoms with van der Waals surface area (Å²) in [6, 6.07) is 0. The number of aromatic amines is 1. The number of sulfonamides is 1. The SMILES string of the molecule is CC1CCC(CNS(=O)(=O)c2cnc[nH]2)(C(=O)O)CC1. The van der Waals surface area contributed by atoms with Gasteiger partial charge in [0.25, 0.3) is 10.0 Å². The topological polar surface area (TPSA) is 112 Å². The van der Waals surface area contributed by atoms with Gasteiger partial charge >= 0.3 is 5.97 Å². The number of hydrogen-bond acceptors (Lipinski definition) is 4. The Bertz CT molecular complexity index is 560. The molecule has 0 bridgehead atoms. The van der Waals surface area contributed by atoms with E-state index in [1.807, 2.05) is 0 Å². The predicted octanol–water partition coefficient (Wildman–Crippen LogP) is 0.969. The van der Waals surface area contributed by atoms with Crippen molar-refractivity contribution in [3.63, 3.8) is 0 Å². The van der Waals surface area contributed by atoms with Crippen LogP contribution in [0.25, 0.3) is 0 Å². The maximum atomic E-state index is 12.0. The van der Waals surface area contributed by atoms with Gasteiger partial charge in [0.1, 0.15) is 0 Å². The Hall–Kier alpha value is -1.41. The van der Waals surface area contributed by atoms with Crippen molar-refractivity contribution in [3.8, 4) is 0 Å². The first kappa shape index (κ1) is 15.0. The van der Waals surface area contributed by atoms with Gasteiger partial charge in [-0.2, -0.15) is 0 Å². The number of nitrogens with zero attached hydrogens (tertiary/aromatic N) is 1. The van der Waals surface area contributed by atoms with Crippen LogP contribution >= 0.6 is 0 Å². The van der Waals surface area contributed by atoms with Crippen molar-refractivity contribution >= 4 is 16.0 Å². The molecule has 112 valence electrons. The highest BCUT2D eigenvalue weighted by molar-refractivity contribution is 7.89. The lowest BCUT2D eigenvalue weighted by atomic mass is 9.71. The molecule has 0 saturated heterocycles. The van der Waals surface area contributed by atoms with Crippen LogP contribution in [0.1, 0.15) is 32.6 Å². The molecule has 8 heteroatoms. The first-order valence-corrected chi connectivity index (χ1v) is 8.05. The second-order valence-corrected chi connectivity index (χ2v) is 7.24. The van der Waals surface area contributed by atoms with Crippen LogP contribution in [0.4, 0.5) is 0 Å². The average Bonchev–Trinajstić information content (AvgIpc) is 2.93. The van der Waals surface area contributed by atoms with E-state index in [1.165, 1.54) is 12.5 Å². The summed E-state index contributed by atoms with van der Waals surface area (Å²) < 4.78 is 26.4. The average molecular weight is 301 g/mol. The van der Waals surface area contributed by atoms with Crippen LogP contribution in [0.2, 0.25) is 0 Å². The van der Waals surface area contributed by atoms with E-state index in [4.69, 9.17) is 0 Å². The number of rotatable bonds is 5. The second kappa shape index (κ2) is 5.53. The van der Waals surface area contributed by atoms with E-state index in [0.717, 1.165) is 12.8 Å². The Balaban J connectivity index is 2.09. The van der Waals surface area contributed by atoms with Crippen LogP contribution in [0.15, 0.2) is 17.6 Å². The minimum atomic E-state index is -3.73. The number of hydrogen-bond donors (Lipinski definition) is 3. The fraction of sp³-hybridized carbons (Fsp3) is 0.667. The van der Waals surface area contributed by atoms with Gasteiger partial charge in [0.05, 0.1) is 17.9 Å². The number of carboxylic acids is 1. The molecule has 0 spiro atoms. The normalized spacial score (nSPS) is 27.4. The lowest BCUT2D eigenvalue weighted by molar-refractivity contribution is -0.151. The highest BCUT2D eigenvalue weighted by Gasteiger charge is 2.42. The van der Waals surface area contributed by atoms with Gasteiger partial charge in [-0.3, -0.25) is 4.79 Å². The number of H-pyrrole nitrogens is 1. The lowest BCUT2D eigenvalue weighted by Gasteiger charge is -2.35. The van der Waals surface area contributed by atoms with E-state index in [2.05, 4.69) is 21.6 Å². The number of nitrogens with one attached hydrogen (secondary N) is 2. The van der Waals surface area contributed by atoms with E-state index in [0.29, 0.717) is 18.8 Å². The molecule has 3 N–H and O–H groups in total. The highest BCUT2D eigenvalue weighted by Crippen LogP contribution is 2.38. The third-order valence-electron chi connectivity index (χ3n) is 4.05. The zero-order valence-electron chi connectivity index (χ0n) is 11.3. The molecule has 0 aromatic carbocycles. The van der Waals surface area contributed by atoms with Crippen LogP contribution in [0, 0.1) is 11.3 Å². The summed E-state index contributed by atoms with van der Waals surface area (Å²) >= 11 is 0. The molecule has 1 aromatic heterocycles. The maximum absolute atomic E-state index is 12.0. The molecule has 0 unspecified atom stereocenters. The lowest BCUT2D eigenvalue weighted by Crippen LogP contribution is -2.45. The van der Waals surface area contributed by atoms with Crippen molar-refractivity contribution in [1.29, 1.82) is 0 Å². The predicted molar refractivity (Wildman–Crippen MR) is 71.5 cm³/mol. The molecule has 2 rings (SSSR count). The Kier molecular flexibility index (Phi) is 4.14. The fourth-order valence-electron chi connectivity index (χ4n) is 2.48. The van der Waals surface area contributed by atoms with E-state index in [-0.39, 0.29) is 11.6 Å². The molecular formula is C12H19N3O4S. The zero-order valence-corrected chi connectivity index (χ0v) is 12.1. The quantitative estimate of drug-likeness (QED) is 0.750. The van der Waals surface area contributed by atoms with Gasteiger partial charge in [-0.05, 0) is 31.6 Å². The van der Waals surface area contributed by atoms with Crippen molar-refractivity contribution in [3.05, 3.63) is 12.5 Å². The van der Waals surface area contributed by atoms with Crippen molar-refractivity contribution < 1.29 is 18.3 Å².